The maximum Gasteiger partial charge on any atom is 0.235 e. The zero-order valence-electron chi connectivity index (χ0n) is 77.8. The van der Waals surface area contributed by atoms with Gasteiger partial charge in [0.25, 0.3) is 0 Å². The Balaban J connectivity index is 0.000000110. The Bertz CT molecular complexity index is 9500. The van der Waals surface area contributed by atoms with Gasteiger partial charge in [-0.25, -0.2) is 19.9 Å². The van der Waals surface area contributed by atoms with Crippen LogP contribution < -0.4 is 0 Å². The fourth-order valence-corrected chi connectivity index (χ4v) is 22.2. The fraction of sp³-hybridized carbons (Fsp3) is 0. The van der Waals surface area contributed by atoms with Crippen molar-refractivity contribution in [1.29, 1.82) is 0 Å². The van der Waals surface area contributed by atoms with Crippen molar-refractivity contribution in [2.75, 3.05) is 0 Å². The van der Waals surface area contributed by atoms with Gasteiger partial charge in [-0.2, -0.15) is 0 Å². The number of rotatable bonds is 15. The van der Waals surface area contributed by atoms with Gasteiger partial charge in [-0.1, -0.05) is 394 Å². The molecule has 28 aromatic rings. The molecule has 0 bridgehead atoms. The predicted octanol–water partition coefficient (Wildman–Crippen LogP) is 35.7. The third kappa shape index (κ3) is 15.8. The van der Waals surface area contributed by atoms with Crippen LogP contribution in [-0.2, 0) is 0 Å². The van der Waals surface area contributed by atoms with Crippen LogP contribution in [0.2, 0.25) is 0 Å². The van der Waals surface area contributed by atoms with E-state index in [1.807, 2.05) is 72.1 Å². The Labute approximate surface area is 830 Å². The molecule has 0 spiro atoms. The van der Waals surface area contributed by atoms with Crippen LogP contribution in [0.25, 0.3) is 253 Å². The summed E-state index contributed by atoms with van der Waals surface area (Å²) in [6.07, 6.45) is 1.86. The van der Waals surface area contributed by atoms with Crippen LogP contribution in [0, 0.1) is 0 Å². The quantitative estimate of drug-likeness (QED) is 0.103. The van der Waals surface area contributed by atoms with Crippen LogP contribution in [0.5, 0.6) is 0 Å². The van der Waals surface area contributed by atoms with Crippen molar-refractivity contribution in [3.8, 4) is 146 Å². The van der Waals surface area contributed by atoms with Crippen LogP contribution in [-0.4, -0.2) is 38.2 Å². The lowest BCUT2D eigenvalue weighted by molar-refractivity contribution is 0.992. The molecule has 21 aromatic carbocycles. The van der Waals surface area contributed by atoms with E-state index in [2.05, 4.69) is 491 Å². The van der Waals surface area contributed by atoms with Gasteiger partial charge in [-0.05, 0) is 211 Å². The number of benzene rings is 21. The highest BCUT2D eigenvalue weighted by molar-refractivity contribution is 7.26. The molecule has 9 heteroatoms. The lowest BCUT2D eigenvalue weighted by atomic mass is 9.98. The monoisotopic (exact) mass is 1840 g/mol. The van der Waals surface area contributed by atoms with Gasteiger partial charge in [0.05, 0.1) is 61.2 Å². The molecule has 0 saturated carbocycles. The summed E-state index contributed by atoms with van der Waals surface area (Å²) in [5, 5.41) is 12.5. The van der Waals surface area contributed by atoms with Crippen molar-refractivity contribution in [1.82, 2.24) is 38.2 Å². The van der Waals surface area contributed by atoms with E-state index in [4.69, 9.17) is 19.9 Å². The summed E-state index contributed by atoms with van der Waals surface area (Å²) in [6.45, 7) is 0. The van der Waals surface area contributed by atoms with Gasteiger partial charge in [-0.15, -0.1) is 11.3 Å². The van der Waals surface area contributed by atoms with Crippen LogP contribution in [0.3, 0.4) is 0 Å². The summed E-state index contributed by atoms with van der Waals surface area (Å²) in [7, 11) is 0. The van der Waals surface area contributed by atoms with Crippen molar-refractivity contribution >= 4 is 119 Å². The van der Waals surface area contributed by atoms with E-state index in [9.17, 15) is 0 Å². The third-order valence-electron chi connectivity index (χ3n) is 27.8. The van der Waals surface area contributed by atoms with Gasteiger partial charge in [0, 0.05) is 109 Å². The van der Waals surface area contributed by atoms with Crippen LogP contribution in [0.4, 0.5) is 0 Å². The molecular formula is C134H88N8S. The Kier molecular flexibility index (Phi) is 21.7. The lowest BCUT2D eigenvalue weighted by Gasteiger charge is -2.14. The van der Waals surface area contributed by atoms with Crippen LogP contribution in [0.15, 0.2) is 534 Å². The first-order chi connectivity index (χ1) is 70.9. The molecule has 0 aliphatic rings. The zero-order valence-corrected chi connectivity index (χ0v) is 78.6. The summed E-state index contributed by atoms with van der Waals surface area (Å²) in [5.41, 5.74) is 36.5. The van der Waals surface area contributed by atoms with E-state index in [0.29, 0.717) is 11.8 Å². The summed E-state index contributed by atoms with van der Waals surface area (Å²) < 4.78 is 12.0. The van der Waals surface area contributed by atoms with Crippen molar-refractivity contribution < 1.29 is 0 Å². The van der Waals surface area contributed by atoms with E-state index < -0.39 is 0 Å². The average molecular weight is 1840 g/mol. The van der Waals surface area contributed by atoms with Crippen molar-refractivity contribution in [3.05, 3.63) is 534 Å². The molecule has 0 fully saturated rings. The average Bonchev–Trinajstić information content (AvgIpc) is 1.59. The molecule has 143 heavy (non-hydrogen) atoms. The maximum absolute atomic E-state index is 5.13. The molecule has 28 rings (SSSR count). The van der Waals surface area contributed by atoms with Crippen LogP contribution >= 0.6 is 11.3 Å². The minimum Gasteiger partial charge on any atom is -0.309 e. The second-order valence-corrected chi connectivity index (χ2v) is 37.4. The van der Waals surface area contributed by atoms with E-state index in [1.54, 1.807) is 0 Å². The molecule has 8 nitrogen and oxygen atoms in total. The Hall–Kier alpha value is -18.8. The molecular weight excluding hydrogens is 1750 g/mol. The standard InChI is InChI=1S/C48H32N2.C46H29N3S.C40H27N3/c1-3-13-33(14-4-1)37-29-38(34-15-5-2-6-16-34)31-40(30-37)50-47-22-12-9-19-43(47)44-32-36(25-28-48(44)50)35-23-26-39(27-24-35)49-45-20-10-7-17-41(45)42-18-8-11-21-46(42)49;1-3-12-30(13-4-1)40-29-41(31-14-5-2-6-15-31)48-46(47-40)32-22-25-34(26-23-32)49-42-20-9-7-16-36(42)37-27-24-33(28-43(37)49)35-18-11-19-39-38-17-8-10-21-44(38)50-45(35)39;1-3-10-28(11-4-1)30-18-20-31(21-19-30)32-14-9-15-34(26-32)37-24-25-41-40(42-37)43-38-17-8-7-16-35(38)36-23-22-33(27-39(36)43)29-12-5-2-6-13-29/h1-32H;1-29H;1-27H. The molecule has 0 aliphatic carbocycles. The van der Waals surface area contributed by atoms with Gasteiger partial charge in [0.15, 0.2) is 5.82 Å². The smallest absolute Gasteiger partial charge is 0.235 e. The summed E-state index contributed by atoms with van der Waals surface area (Å²) >= 11 is 1.87. The zero-order chi connectivity index (χ0) is 94.6. The molecule has 7 heterocycles. The van der Waals surface area contributed by atoms with Gasteiger partial charge >= 0.3 is 0 Å². The highest BCUT2D eigenvalue weighted by Gasteiger charge is 2.23. The second-order valence-electron chi connectivity index (χ2n) is 36.3. The Morgan fingerprint density at radius 3 is 1.02 bits per heavy atom. The van der Waals surface area contributed by atoms with Crippen molar-refractivity contribution in [2.24, 2.45) is 0 Å². The summed E-state index contributed by atoms with van der Waals surface area (Å²) in [4.78, 5) is 20.0. The third-order valence-corrected chi connectivity index (χ3v) is 29.1. The van der Waals surface area contributed by atoms with Crippen molar-refractivity contribution in [3.63, 3.8) is 0 Å². The molecule has 0 N–H and O–H groups in total. The number of fused-ring (bicyclic) bond motifs is 15. The van der Waals surface area contributed by atoms with Crippen LogP contribution in [0.1, 0.15) is 0 Å². The minimum absolute atomic E-state index is 0.659. The number of hydrogen-bond donors (Lipinski definition) is 0. The minimum atomic E-state index is 0.659. The number of para-hydroxylation sites is 5. The van der Waals surface area contributed by atoms with Gasteiger partial charge < -0.3 is 13.7 Å². The Morgan fingerprint density at radius 2 is 0.490 bits per heavy atom. The van der Waals surface area contributed by atoms with E-state index in [1.165, 1.54) is 169 Å². The number of hydrogen-bond acceptors (Lipinski definition) is 5. The molecule has 0 atom stereocenters. The first kappa shape index (κ1) is 84.7. The molecule has 0 saturated heterocycles. The first-order valence-corrected chi connectivity index (χ1v) is 49.3. The second kappa shape index (κ2) is 36.6. The van der Waals surface area contributed by atoms with E-state index in [0.717, 1.165) is 73.0 Å². The van der Waals surface area contributed by atoms with E-state index in [-0.39, 0.29) is 0 Å². The van der Waals surface area contributed by atoms with Crippen molar-refractivity contribution in [2.45, 2.75) is 0 Å². The molecule has 670 valence electrons. The number of nitrogens with zero attached hydrogens (tertiary/aromatic N) is 8. The SMILES string of the molecule is c1ccc(-c2cc(-c3ccccc3)cc(-n3c4ccccc4c4cc(-c5ccc(-n6c7ccccc7c7ccccc76)cc5)ccc43)c2)cc1.c1ccc(-c2cc(-c3ccccc3)nc(-c3ccc(-n4c5ccccc5c5ccc(-c6cccc7c6sc6ccccc67)cc54)cc3)n2)cc1.c1ccc(-c2ccc(-c3cccc(-c4ccnc(-n5c6ccccc6c6ccc(-c7ccccc7)cc65)n4)c3)cc2)cc1. The largest absolute Gasteiger partial charge is 0.309 e. The predicted molar refractivity (Wildman–Crippen MR) is 601 cm³/mol. The maximum atomic E-state index is 5.13. The van der Waals surface area contributed by atoms with E-state index >= 15 is 0 Å². The lowest BCUT2D eigenvalue weighted by Crippen LogP contribution is -2.01. The highest BCUT2D eigenvalue weighted by atomic mass is 32.1. The Morgan fingerprint density at radius 1 is 0.161 bits per heavy atom. The summed E-state index contributed by atoms with van der Waals surface area (Å²) in [5.74, 6) is 1.37. The molecule has 0 amide bonds. The fourth-order valence-electron chi connectivity index (χ4n) is 21.0. The highest BCUT2D eigenvalue weighted by Crippen LogP contribution is 2.46. The number of aromatic nitrogens is 8. The summed E-state index contributed by atoms with van der Waals surface area (Å²) in [6, 6.07) is 188. The van der Waals surface area contributed by atoms with Gasteiger partial charge in [0.1, 0.15) is 0 Å². The van der Waals surface area contributed by atoms with Gasteiger partial charge in [-0.3, -0.25) is 4.57 Å². The normalized spacial score (nSPS) is 11.5. The molecule has 7 aromatic heterocycles. The van der Waals surface area contributed by atoms with Gasteiger partial charge in [0.2, 0.25) is 5.95 Å². The molecule has 0 aliphatic heterocycles. The molecule has 0 unspecified atom stereocenters. The molecule has 0 radical (unpaired) electrons. The topological polar surface area (TPSA) is 71.3 Å². The first-order valence-electron chi connectivity index (χ1n) is 48.5. The number of thiophene rings is 1.